The van der Waals surface area contributed by atoms with E-state index in [-0.39, 0.29) is 12.0 Å². The van der Waals surface area contributed by atoms with Crippen molar-refractivity contribution >= 4 is 5.91 Å². The van der Waals surface area contributed by atoms with Gasteiger partial charge in [0, 0.05) is 37.2 Å². The van der Waals surface area contributed by atoms with Crippen molar-refractivity contribution in [1.29, 1.82) is 0 Å². The molecule has 7 nitrogen and oxygen atoms in total. The van der Waals surface area contributed by atoms with Crippen LogP contribution < -0.4 is 11.1 Å². The zero-order valence-electron chi connectivity index (χ0n) is 13.1. The van der Waals surface area contributed by atoms with Crippen LogP contribution in [0.2, 0.25) is 0 Å². The van der Waals surface area contributed by atoms with Crippen LogP contribution in [-0.2, 0) is 16.1 Å². The molecule has 2 aromatic heterocycles. The lowest BCUT2D eigenvalue weighted by Gasteiger charge is -2.14. The van der Waals surface area contributed by atoms with E-state index in [1.54, 1.807) is 12.4 Å². The number of hydrogen-bond acceptors (Lipinski definition) is 5. The van der Waals surface area contributed by atoms with Gasteiger partial charge in [0.2, 0.25) is 5.91 Å². The molecule has 0 saturated carbocycles. The van der Waals surface area contributed by atoms with Crippen molar-refractivity contribution in [2.24, 2.45) is 5.73 Å². The Balaban J connectivity index is 1.67. The van der Waals surface area contributed by atoms with Gasteiger partial charge >= 0.3 is 0 Å². The van der Waals surface area contributed by atoms with Crippen molar-refractivity contribution in [3.05, 3.63) is 42.1 Å². The lowest BCUT2D eigenvalue weighted by atomic mass is 10.2. The highest BCUT2D eigenvalue weighted by Gasteiger charge is 2.29. The second-order valence-electron chi connectivity index (χ2n) is 5.61. The number of aromatic nitrogens is 3. The SMILES string of the molecule is Cc1nccn1-c1ncccc1CNC(=O)[C@@H]1CC[C@H](CN)O1. The fourth-order valence-corrected chi connectivity index (χ4v) is 2.76. The van der Waals surface area contributed by atoms with Crippen LogP contribution in [0, 0.1) is 6.92 Å². The van der Waals surface area contributed by atoms with E-state index in [1.165, 1.54) is 0 Å². The lowest BCUT2D eigenvalue weighted by molar-refractivity contribution is -0.132. The number of rotatable bonds is 5. The maximum Gasteiger partial charge on any atom is 0.249 e. The Morgan fingerprint density at radius 1 is 1.43 bits per heavy atom. The van der Waals surface area contributed by atoms with E-state index < -0.39 is 6.10 Å². The van der Waals surface area contributed by atoms with Gasteiger partial charge in [0.15, 0.2) is 0 Å². The third-order valence-electron chi connectivity index (χ3n) is 4.04. The Bertz CT molecular complexity index is 685. The molecule has 3 N–H and O–H groups in total. The zero-order valence-corrected chi connectivity index (χ0v) is 13.1. The first-order valence-electron chi connectivity index (χ1n) is 7.76. The molecule has 2 atom stereocenters. The van der Waals surface area contributed by atoms with Gasteiger partial charge in [-0.15, -0.1) is 0 Å². The standard InChI is InChI=1S/C16H21N5O2/c1-11-18-7-8-21(11)15-12(3-2-6-19-15)10-20-16(22)14-5-4-13(9-17)23-14/h2-3,6-8,13-14H,4-5,9-10,17H2,1H3,(H,20,22)/t13-,14+/m1/s1. The molecule has 1 aliphatic rings. The molecule has 1 aliphatic heterocycles. The van der Waals surface area contributed by atoms with Gasteiger partial charge in [0.05, 0.1) is 6.10 Å². The maximum atomic E-state index is 12.2. The Hall–Kier alpha value is -2.25. The van der Waals surface area contributed by atoms with Gasteiger partial charge in [-0.05, 0) is 25.8 Å². The molecule has 3 heterocycles. The topological polar surface area (TPSA) is 95.1 Å². The summed E-state index contributed by atoms with van der Waals surface area (Å²) in [5, 5.41) is 2.93. The third-order valence-corrected chi connectivity index (χ3v) is 4.04. The molecule has 0 aromatic carbocycles. The average molecular weight is 315 g/mol. The predicted octanol–water partition coefficient (Wildman–Crippen LogP) is 0.698. The fourth-order valence-electron chi connectivity index (χ4n) is 2.76. The zero-order chi connectivity index (χ0) is 16.2. The molecule has 0 aliphatic carbocycles. The van der Waals surface area contributed by atoms with Crippen LogP contribution in [0.15, 0.2) is 30.7 Å². The Labute approximate surface area is 134 Å². The Kier molecular flexibility index (Phi) is 4.68. The highest BCUT2D eigenvalue weighted by atomic mass is 16.5. The number of hydrogen-bond donors (Lipinski definition) is 2. The number of ether oxygens (including phenoxy) is 1. The van der Waals surface area contributed by atoms with Crippen molar-refractivity contribution in [1.82, 2.24) is 19.9 Å². The molecular weight excluding hydrogens is 294 g/mol. The number of carbonyl (C=O) groups excluding carboxylic acids is 1. The second kappa shape index (κ2) is 6.89. The van der Waals surface area contributed by atoms with Gasteiger partial charge in [-0.2, -0.15) is 0 Å². The monoisotopic (exact) mass is 315 g/mol. The Morgan fingerprint density at radius 2 is 2.30 bits per heavy atom. The highest BCUT2D eigenvalue weighted by Crippen LogP contribution is 2.19. The van der Waals surface area contributed by atoms with Gasteiger partial charge in [0.25, 0.3) is 0 Å². The van der Waals surface area contributed by atoms with Gasteiger partial charge in [-0.25, -0.2) is 9.97 Å². The fraction of sp³-hybridized carbons (Fsp3) is 0.438. The van der Waals surface area contributed by atoms with Crippen molar-refractivity contribution < 1.29 is 9.53 Å². The van der Waals surface area contributed by atoms with Crippen molar-refractivity contribution in [2.75, 3.05) is 6.54 Å². The molecule has 0 unspecified atom stereocenters. The maximum absolute atomic E-state index is 12.2. The number of carbonyl (C=O) groups is 1. The summed E-state index contributed by atoms with van der Waals surface area (Å²) in [5.74, 6) is 1.52. The molecule has 7 heteroatoms. The summed E-state index contributed by atoms with van der Waals surface area (Å²) >= 11 is 0. The number of nitrogens with one attached hydrogen (secondary N) is 1. The first kappa shape index (κ1) is 15.6. The second-order valence-corrected chi connectivity index (χ2v) is 5.61. The molecule has 0 spiro atoms. The normalized spacial score (nSPS) is 20.6. The smallest absolute Gasteiger partial charge is 0.249 e. The molecular formula is C16H21N5O2. The van der Waals surface area contributed by atoms with E-state index >= 15 is 0 Å². The van der Waals surface area contributed by atoms with Gasteiger partial charge in [-0.1, -0.05) is 6.07 Å². The summed E-state index contributed by atoms with van der Waals surface area (Å²) in [6, 6.07) is 3.80. The average Bonchev–Trinajstić information content (AvgIpc) is 3.21. The van der Waals surface area contributed by atoms with Crippen molar-refractivity contribution in [2.45, 2.75) is 38.5 Å². The number of amides is 1. The number of pyridine rings is 1. The van der Waals surface area contributed by atoms with E-state index in [1.807, 2.05) is 29.8 Å². The van der Waals surface area contributed by atoms with Gasteiger partial charge in [0.1, 0.15) is 17.7 Å². The van der Waals surface area contributed by atoms with Crippen LogP contribution in [0.25, 0.3) is 5.82 Å². The van der Waals surface area contributed by atoms with Gasteiger partial charge in [-0.3, -0.25) is 9.36 Å². The molecule has 0 bridgehead atoms. The quantitative estimate of drug-likeness (QED) is 0.847. The summed E-state index contributed by atoms with van der Waals surface area (Å²) in [6.07, 6.45) is 6.45. The third kappa shape index (κ3) is 3.40. The number of nitrogens with zero attached hydrogens (tertiary/aromatic N) is 3. The molecule has 2 aromatic rings. The largest absolute Gasteiger partial charge is 0.364 e. The molecule has 23 heavy (non-hydrogen) atoms. The van der Waals surface area contributed by atoms with E-state index in [2.05, 4.69) is 15.3 Å². The molecule has 1 amide bonds. The number of imidazole rings is 1. The minimum absolute atomic E-state index is 0.00620. The first-order chi connectivity index (χ1) is 11.2. The van der Waals surface area contributed by atoms with E-state index in [0.717, 1.165) is 23.6 Å². The minimum Gasteiger partial charge on any atom is -0.364 e. The summed E-state index contributed by atoms with van der Waals surface area (Å²) in [7, 11) is 0. The van der Waals surface area contributed by atoms with E-state index in [9.17, 15) is 4.79 Å². The lowest BCUT2D eigenvalue weighted by Crippen LogP contribution is -2.35. The van der Waals surface area contributed by atoms with Crippen molar-refractivity contribution in [3.8, 4) is 5.82 Å². The Morgan fingerprint density at radius 3 is 3.00 bits per heavy atom. The van der Waals surface area contributed by atoms with E-state index in [0.29, 0.717) is 19.5 Å². The van der Waals surface area contributed by atoms with Crippen LogP contribution >= 0.6 is 0 Å². The summed E-state index contributed by atoms with van der Waals surface area (Å²) in [5.41, 5.74) is 6.50. The van der Waals surface area contributed by atoms with Crippen LogP contribution in [0.3, 0.4) is 0 Å². The summed E-state index contributed by atoms with van der Waals surface area (Å²) in [4.78, 5) is 20.8. The molecule has 1 saturated heterocycles. The first-order valence-corrected chi connectivity index (χ1v) is 7.76. The predicted molar refractivity (Wildman–Crippen MR) is 84.9 cm³/mol. The number of nitrogens with two attached hydrogens (primary N) is 1. The summed E-state index contributed by atoms with van der Waals surface area (Å²) in [6.45, 7) is 2.76. The molecule has 122 valence electrons. The highest BCUT2D eigenvalue weighted by molar-refractivity contribution is 5.81. The van der Waals surface area contributed by atoms with Crippen LogP contribution in [0.5, 0.6) is 0 Å². The molecule has 0 radical (unpaired) electrons. The van der Waals surface area contributed by atoms with Crippen LogP contribution in [0.1, 0.15) is 24.2 Å². The number of aryl methyl sites for hydroxylation is 1. The van der Waals surface area contributed by atoms with E-state index in [4.69, 9.17) is 10.5 Å². The summed E-state index contributed by atoms with van der Waals surface area (Å²) < 4.78 is 7.52. The minimum atomic E-state index is -0.404. The van der Waals surface area contributed by atoms with Crippen LogP contribution in [0.4, 0.5) is 0 Å². The molecule has 3 rings (SSSR count). The van der Waals surface area contributed by atoms with Crippen molar-refractivity contribution in [3.63, 3.8) is 0 Å². The molecule has 1 fully saturated rings. The van der Waals surface area contributed by atoms with Crippen LogP contribution in [-0.4, -0.2) is 39.2 Å². The van der Waals surface area contributed by atoms with Gasteiger partial charge < -0.3 is 15.8 Å².